The Kier molecular flexibility index (Phi) is 5.86. The molecule has 1 saturated heterocycles. The van der Waals surface area contributed by atoms with Crippen molar-refractivity contribution in [3.63, 3.8) is 0 Å². The van der Waals surface area contributed by atoms with Crippen molar-refractivity contribution in [1.82, 2.24) is 4.31 Å². The maximum atomic E-state index is 13.9. The van der Waals surface area contributed by atoms with Crippen LogP contribution in [0.5, 0.6) is 11.5 Å². The number of carbonyl (C=O) groups excluding carboxylic acids is 1. The highest BCUT2D eigenvalue weighted by atomic mass is 35.5. The van der Waals surface area contributed by atoms with E-state index in [4.69, 9.17) is 21.1 Å². The van der Waals surface area contributed by atoms with Gasteiger partial charge in [-0.15, -0.1) is 0 Å². The molecular weight excluding hydrogens is 435 g/mol. The average Bonchev–Trinajstić information content (AvgIpc) is 2.75. The van der Waals surface area contributed by atoms with Crippen LogP contribution in [0.25, 0.3) is 0 Å². The molecule has 2 aromatic carbocycles. The summed E-state index contributed by atoms with van der Waals surface area (Å²) in [5, 5.41) is 2.79. The van der Waals surface area contributed by atoms with E-state index in [2.05, 4.69) is 5.32 Å². The first-order chi connectivity index (χ1) is 14.3. The van der Waals surface area contributed by atoms with Gasteiger partial charge in [-0.25, -0.2) is 12.8 Å². The molecule has 0 atom stereocenters. The Hall–Kier alpha value is -2.36. The fraction of sp³-hybridized carbons (Fsp3) is 0.350. The molecule has 0 unspecified atom stereocenters. The summed E-state index contributed by atoms with van der Waals surface area (Å²) in [6.07, 6.45) is 0.676. The number of nitrogens with one attached hydrogen (secondary N) is 1. The number of piperidine rings is 1. The topological polar surface area (TPSA) is 84.9 Å². The van der Waals surface area contributed by atoms with Gasteiger partial charge in [0.15, 0.2) is 11.5 Å². The summed E-state index contributed by atoms with van der Waals surface area (Å²) in [6.45, 7) is 1.18. The maximum Gasteiger partial charge on any atom is 0.243 e. The standard InChI is InChI=1S/C20H20ClFN2O5S/c21-14-1-3-17(16(22)11-14)23-20(25)13-5-7-24(8-6-13)30(26,27)15-2-4-18-19(12-15)29-10-9-28-18/h1-4,11-13H,5-10H2,(H,23,25). The van der Waals surface area contributed by atoms with E-state index in [1.807, 2.05) is 0 Å². The zero-order valence-corrected chi connectivity index (χ0v) is 17.5. The molecule has 2 heterocycles. The molecule has 2 aliphatic heterocycles. The van der Waals surface area contributed by atoms with E-state index in [1.165, 1.54) is 28.6 Å². The van der Waals surface area contributed by atoms with Crippen molar-refractivity contribution in [2.75, 3.05) is 31.6 Å². The van der Waals surface area contributed by atoms with Gasteiger partial charge in [0, 0.05) is 30.1 Å². The number of halogens is 2. The molecule has 30 heavy (non-hydrogen) atoms. The first kappa shape index (κ1) is 20.9. The molecule has 0 radical (unpaired) electrons. The number of hydrogen-bond acceptors (Lipinski definition) is 5. The molecule has 0 bridgehead atoms. The van der Waals surface area contributed by atoms with Gasteiger partial charge in [-0.2, -0.15) is 4.31 Å². The Labute approximate surface area is 178 Å². The summed E-state index contributed by atoms with van der Waals surface area (Å²) in [5.74, 6) is -0.444. The SMILES string of the molecule is O=C(Nc1ccc(Cl)cc1F)C1CCN(S(=O)(=O)c2ccc3c(c2)OCCO3)CC1. The maximum absolute atomic E-state index is 13.9. The van der Waals surface area contributed by atoms with E-state index >= 15 is 0 Å². The third-order valence-corrected chi connectivity index (χ3v) is 7.29. The van der Waals surface area contributed by atoms with Crippen LogP contribution in [0.2, 0.25) is 5.02 Å². The van der Waals surface area contributed by atoms with E-state index in [-0.39, 0.29) is 34.6 Å². The van der Waals surface area contributed by atoms with Crippen molar-refractivity contribution in [2.24, 2.45) is 5.92 Å². The number of carbonyl (C=O) groups is 1. The minimum atomic E-state index is -3.72. The van der Waals surface area contributed by atoms with Gasteiger partial charge in [0.05, 0.1) is 10.6 Å². The van der Waals surface area contributed by atoms with Crippen molar-refractivity contribution in [3.8, 4) is 11.5 Å². The lowest BCUT2D eigenvalue weighted by Gasteiger charge is -2.31. The van der Waals surface area contributed by atoms with Crippen LogP contribution in [0.15, 0.2) is 41.3 Å². The quantitative estimate of drug-likeness (QED) is 0.766. The molecule has 1 amide bonds. The molecule has 0 saturated carbocycles. The van der Waals surface area contributed by atoms with Crippen LogP contribution >= 0.6 is 11.6 Å². The second-order valence-electron chi connectivity index (χ2n) is 7.10. The number of sulfonamides is 1. The number of nitrogens with zero attached hydrogens (tertiary/aromatic N) is 1. The summed E-state index contributed by atoms with van der Waals surface area (Å²) < 4.78 is 52.1. The highest BCUT2D eigenvalue weighted by Crippen LogP contribution is 2.34. The lowest BCUT2D eigenvalue weighted by Crippen LogP contribution is -2.41. The van der Waals surface area contributed by atoms with Crippen LogP contribution in [0.4, 0.5) is 10.1 Å². The number of hydrogen-bond donors (Lipinski definition) is 1. The van der Waals surface area contributed by atoms with E-state index in [1.54, 1.807) is 6.07 Å². The zero-order chi connectivity index (χ0) is 21.3. The summed E-state index contributed by atoms with van der Waals surface area (Å²) in [6, 6.07) is 8.55. The normalized spacial score (nSPS) is 17.5. The minimum absolute atomic E-state index is 0.0516. The van der Waals surface area contributed by atoms with E-state index in [0.29, 0.717) is 37.6 Å². The van der Waals surface area contributed by atoms with Gasteiger partial charge < -0.3 is 14.8 Å². The molecule has 7 nitrogen and oxygen atoms in total. The third kappa shape index (κ3) is 4.23. The lowest BCUT2D eigenvalue weighted by molar-refractivity contribution is -0.120. The minimum Gasteiger partial charge on any atom is -0.486 e. The monoisotopic (exact) mass is 454 g/mol. The predicted molar refractivity (Wildman–Crippen MR) is 109 cm³/mol. The van der Waals surface area contributed by atoms with E-state index in [9.17, 15) is 17.6 Å². The Morgan fingerprint density at radius 1 is 1.07 bits per heavy atom. The van der Waals surface area contributed by atoms with Crippen LogP contribution < -0.4 is 14.8 Å². The van der Waals surface area contributed by atoms with E-state index < -0.39 is 21.8 Å². The number of benzene rings is 2. The lowest BCUT2D eigenvalue weighted by atomic mass is 9.97. The Morgan fingerprint density at radius 3 is 2.47 bits per heavy atom. The highest BCUT2D eigenvalue weighted by molar-refractivity contribution is 7.89. The molecule has 160 valence electrons. The first-order valence-corrected chi connectivity index (χ1v) is 11.3. The van der Waals surface area contributed by atoms with Gasteiger partial charge in [0.2, 0.25) is 15.9 Å². The molecule has 1 N–H and O–H groups in total. The molecule has 4 rings (SSSR count). The number of ether oxygens (including phenoxy) is 2. The molecular formula is C20H20ClFN2O5S. The summed E-state index contributed by atoms with van der Waals surface area (Å²) >= 11 is 5.72. The number of fused-ring (bicyclic) bond motifs is 1. The van der Waals surface area contributed by atoms with Crippen molar-refractivity contribution in [3.05, 3.63) is 47.2 Å². The average molecular weight is 455 g/mol. The second-order valence-corrected chi connectivity index (χ2v) is 9.47. The third-order valence-electron chi connectivity index (χ3n) is 5.17. The molecule has 2 aliphatic rings. The number of amides is 1. The van der Waals surface area contributed by atoms with Crippen molar-refractivity contribution < 1.29 is 27.1 Å². The molecule has 0 spiro atoms. The largest absolute Gasteiger partial charge is 0.486 e. The van der Waals surface area contributed by atoms with Crippen LogP contribution in [-0.2, 0) is 14.8 Å². The van der Waals surface area contributed by atoms with Crippen molar-refractivity contribution in [1.29, 1.82) is 0 Å². The van der Waals surface area contributed by atoms with Gasteiger partial charge >= 0.3 is 0 Å². The Morgan fingerprint density at radius 2 is 1.77 bits per heavy atom. The zero-order valence-electron chi connectivity index (χ0n) is 15.9. The van der Waals surface area contributed by atoms with Gasteiger partial charge in [0.25, 0.3) is 0 Å². The van der Waals surface area contributed by atoms with Crippen LogP contribution in [0.3, 0.4) is 0 Å². The molecule has 1 fully saturated rings. The Balaban J connectivity index is 1.40. The predicted octanol–water partition coefficient (Wildman–Crippen LogP) is 3.29. The Bertz CT molecular complexity index is 1070. The van der Waals surface area contributed by atoms with Crippen LogP contribution in [0.1, 0.15) is 12.8 Å². The van der Waals surface area contributed by atoms with Crippen molar-refractivity contribution in [2.45, 2.75) is 17.7 Å². The number of anilines is 1. The number of rotatable bonds is 4. The van der Waals surface area contributed by atoms with E-state index in [0.717, 1.165) is 6.07 Å². The molecule has 0 aromatic heterocycles. The fourth-order valence-electron chi connectivity index (χ4n) is 3.52. The summed E-state index contributed by atoms with van der Waals surface area (Å²) in [5.41, 5.74) is 0.0516. The highest BCUT2D eigenvalue weighted by Gasteiger charge is 2.33. The van der Waals surface area contributed by atoms with Gasteiger partial charge in [-0.05, 0) is 43.2 Å². The fourth-order valence-corrected chi connectivity index (χ4v) is 5.16. The smallest absolute Gasteiger partial charge is 0.243 e. The molecule has 10 heteroatoms. The van der Waals surface area contributed by atoms with Gasteiger partial charge in [0.1, 0.15) is 19.0 Å². The van der Waals surface area contributed by atoms with Crippen LogP contribution in [-0.4, -0.2) is 44.9 Å². The summed E-state index contributed by atoms with van der Waals surface area (Å²) in [4.78, 5) is 12.6. The van der Waals surface area contributed by atoms with Crippen molar-refractivity contribution >= 4 is 33.2 Å². The van der Waals surface area contributed by atoms with Gasteiger partial charge in [-0.1, -0.05) is 11.6 Å². The molecule has 2 aromatic rings. The first-order valence-electron chi connectivity index (χ1n) is 9.50. The second kappa shape index (κ2) is 8.41. The van der Waals surface area contributed by atoms with Crippen LogP contribution in [0, 0.1) is 11.7 Å². The van der Waals surface area contributed by atoms with Gasteiger partial charge in [-0.3, -0.25) is 4.79 Å². The summed E-state index contributed by atoms with van der Waals surface area (Å²) in [7, 11) is -3.72. The molecule has 0 aliphatic carbocycles.